The van der Waals surface area contributed by atoms with E-state index in [1.165, 1.54) is 4.31 Å². The molecule has 0 heterocycles. The summed E-state index contributed by atoms with van der Waals surface area (Å²) in [7, 11) is -3.32. The maximum absolute atomic E-state index is 12.0. The first-order valence-corrected chi connectivity index (χ1v) is 10.1. The van der Waals surface area contributed by atoms with Crippen LogP contribution in [0.25, 0.3) is 0 Å². The zero-order chi connectivity index (χ0) is 19.3. The van der Waals surface area contributed by atoms with Gasteiger partial charge in [0, 0.05) is 12.2 Å². The van der Waals surface area contributed by atoms with Gasteiger partial charge >= 0.3 is 0 Å². The molecule has 0 fully saturated rings. The van der Waals surface area contributed by atoms with Crippen molar-refractivity contribution in [3.63, 3.8) is 0 Å². The van der Waals surface area contributed by atoms with E-state index < -0.39 is 10.0 Å². The number of carbonyl (C=O) groups is 1. The van der Waals surface area contributed by atoms with Crippen LogP contribution in [-0.4, -0.2) is 33.7 Å². The van der Waals surface area contributed by atoms with Gasteiger partial charge in [-0.1, -0.05) is 6.07 Å². The van der Waals surface area contributed by atoms with Crippen LogP contribution in [0.3, 0.4) is 0 Å². The van der Waals surface area contributed by atoms with E-state index in [9.17, 15) is 13.2 Å². The fourth-order valence-electron chi connectivity index (χ4n) is 2.48. The lowest BCUT2D eigenvalue weighted by molar-refractivity contribution is -0.118. The molecule has 0 saturated heterocycles. The molecular weight excluding hydrogens is 352 g/mol. The summed E-state index contributed by atoms with van der Waals surface area (Å²) in [6.45, 7) is 5.98. The van der Waals surface area contributed by atoms with Gasteiger partial charge in [0.2, 0.25) is 10.0 Å². The summed E-state index contributed by atoms with van der Waals surface area (Å²) in [5, 5.41) is 2.79. The standard InChI is InChI=1S/C19H24N2O4S/c1-5-21(26(4,23)24)17-8-10-18(11-9-17)25-13-19(22)20-16-7-6-14(2)15(3)12-16/h6-12H,5,13H2,1-4H3,(H,20,22). The van der Waals surface area contributed by atoms with Crippen LogP contribution in [0.15, 0.2) is 42.5 Å². The highest BCUT2D eigenvalue weighted by Gasteiger charge is 2.15. The van der Waals surface area contributed by atoms with E-state index in [0.29, 0.717) is 18.0 Å². The summed E-state index contributed by atoms with van der Waals surface area (Å²) in [6, 6.07) is 12.3. The molecule has 2 rings (SSSR count). The van der Waals surface area contributed by atoms with Crippen LogP contribution in [-0.2, 0) is 14.8 Å². The topological polar surface area (TPSA) is 75.7 Å². The monoisotopic (exact) mass is 376 g/mol. The number of carbonyl (C=O) groups excluding carboxylic acids is 1. The molecule has 1 amide bonds. The second kappa shape index (κ2) is 8.23. The number of anilines is 2. The average Bonchev–Trinajstić information content (AvgIpc) is 2.57. The van der Waals surface area contributed by atoms with Crippen molar-refractivity contribution >= 4 is 27.3 Å². The quantitative estimate of drug-likeness (QED) is 0.806. The van der Waals surface area contributed by atoms with Gasteiger partial charge in [-0.2, -0.15) is 0 Å². The minimum Gasteiger partial charge on any atom is -0.484 e. The largest absolute Gasteiger partial charge is 0.484 e. The first-order valence-electron chi connectivity index (χ1n) is 8.28. The van der Waals surface area contributed by atoms with Crippen LogP contribution in [0.5, 0.6) is 5.75 Å². The van der Waals surface area contributed by atoms with E-state index in [1.54, 1.807) is 31.2 Å². The molecule has 0 bridgehead atoms. The third kappa shape index (κ3) is 5.23. The predicted molar refractivity (Wildman–Crippen MR) is 104 cm³/mol. The summed E-state index contributed by atoms with van der Waals surface area (Å²) in [5.41, 5.74) is 3.55. The molecule has 1 N–H and O–H groups in total. The zero-order valence-corrected chi connectivity index (χ0v) is 16.3. The predicted octanol–water partition coefficient (Wildman–Crippen LogP) is 3.11. The second-order valence-corrected chi connectivity index (χ2v) is 7.96. The van der Waals surface area contributed by atoms with Crippen molar-refractivity contribution in [1.29, 1.82) is 0 Å². The normalized spacial score (nSPS) is 11.1. The lowest BCUT2D eigenvalue weighted by Crippen LogP contribution is -2.29. The lowest BCUT2D eigenvalue weighted by atomic mass is 10.1. The lowest BCUT2D eigenvalue weighted by Gasteiger charge is -2.20. The number of nitrogens with one attached hydrogen (secondary N) is 1. The second-order valence-electron chi connectivity index (χ2n) is 6.06. The van der Waals surface area contributed by atoms with E-state index in [4.69, 9.17) is 4.74 Å². The van der Waals surface area contributed by atoms with E-state index in [2.05, 4.69) is 5.32 Å². The van der Waals surface area contributed by atoms with Gasteiger partial charge in [-0.3, -0.25) is 9.10 Å². The Bertz CT molecular complexity index is 877. The number of benzene rings is 2. The summed E-state index contributed by atoms with van der Waals surface area (Å²) < 4.78 is 30.2. The van der Waals surface area contributed by atoms with Crippen molar-refractivity contribution in [1.82, 2.24) is 0 Å². The third-order valence-corrected chi connectivity index (χ3v) is 5.24. The maximum atomic E-state index is 12.0. The van der Waals surface area contributed by atoms with Gasteiger partial charge in [-0.15, -0.1) is 0 Å². The molecule has 0 aromatic heterocycles. The first-order chi connectivity index (χ1) is 12.2. The molecule has 0 unspecified atom stereocenters. The fraction of sp³-hybridized carbons (Fsp3) is 0.316. The van der Waals surface area contributed by atoms with Crippen molar-refractivity contribution in [2.75, 3.05) is 29.0 Å². The highest BCUT2D eigenvalue weighted by Crippen LogP contribution is 2.21. The average molecular weight is 376 g/mol. The molecule has 0 aliphatic carbocycles. The highest BCUT2D eigenvalue weighted by atomic mass is 32.2. The molecule has 0 aliphatic heterocycles. The molecule has 7 heteroatoms. The van der Waals surface area contributed by atoms with Gasteiger partial charge < -0.3 is 10.1 Å². The van der Waals surface area contributed by atoms with Crippen LogP contribution >= 0.6 is 0 Å². The van der Waals surface area contributed by atoms with E-state index >= 15 is 0 Å². The highest BCUT2D eigenvalue weighted by molar-refractivity contribution is 7.92. The molecular formula is C19H24N2O4S. The van der Waals surface area contributed by atoms with Gasteiger partial charge in [-0.25, -0.2) is 8.42 Å². The van der Waals surface area contributed by atoms with Gasteiger partial charge in [0.05, 0.1) is 11.9 Å². The van der Waals surface area contributed by atoms with Crippen LogP contribution < -0.4 is 14.4 Å². The van der Waals surface area contributed by atoms with Crippen molar-refractivity contribution in [3.05, 3.63) is 53.6 Å². The summed E-state index contributed by atoms with van der Waals surface area (Å²) >= 11 is 0. The van der Waals surface area contributed by atoms with Crippen molar-refractivity contribution in [3.8, 4) is 5.75 Å². The number of amides is 1. The number of aryl methyl sites for hydroxylation is 2. The van der Waals surface area contributed by atoms with Crippen molar-refractivity contribution in [2.45, 2.75) is 20.8 Å². The molecule has 2 aromatic rings. The minimum absolute atomic E-state index is 0.129. The van der Waals surface area contributed by atoms with Crippen LogP contribution in [0.2, 0.25) is 0 Å². The van der Waals surface area contributed by atoms with E-state index in [-0.39, 0.29) is 12.5 Å². The number of hydrogen-bond acceptors (Lipinski definition) is 4. The number of ether oxygens (including phenoxy) is 1. The summed E-state index contributed by atoms with van der Waals surface area (Å²) in [4.78, 5) is 12.0. The molecule has 0 saturated carbocycles. The molecule has 0 spiro atoms. The van der Waals surface area contributed by atoms with Gasteiger partial charge in [0.15, 0.2) is 6.61 Å². The van der Waals surface area contributed by atoms with Gasteiger partial charge in [-0.05, 0) is 68.3 Å². The van der Waals surface area contributed by atoms with E-state index in [1.807, 2.05) is 32.0 Å². The molecule has 140 valence electrons. The molecule has 26 heavy (non-hydrogen) atoms. The maximum Gasteiger partial charge on any atom is 0.262 e. The first kappa shape index (κ1) is 19.8. The van der Waals surface area contributed by atoms with Crippen LogP contribution in [0, 0.1) is 13.8 Å². The molecule has 0 aliphatic rings. The van der Waals surface area contributed by atoms with Crippen LogP contribution in [0.1, 0.15) is 18.1 Å². The fourth-order valence-corrected chi connectivity index (χ4v) is 3.46. The third-order valence-electron chi connectivity index (χ3n) is 3.97. The van der Waals surface area contributed by atoms with Crippen molar-refractivity contribution < 1.29 is 17.9 Å². The Kier molecular flexibility index (Phi) is 6.26. The molecule has 0 atom stereocenters. The number of sulfonamides is 1. The Morgan fingerprint density at radius 1 is 1.08 bits per heavy atom. The molecule has 6 nitrogen and oxygen atoms in total. The van der Waals surface area contributed by atoms with Gasteiger partial charge in [0.25, 0.3) is 5.91 Å². The van der Waals surface area contributed by atoms with Crippen LogP contribution in [0.4, 0.5) is 11.4 Å². The Hall–Kier alpha value is -2.54. The van der Waals surface area contributed by atoms with Crippen molar-refractivity contribution in [2.24, 2.45) is 0 Å². The molecule has 2 aromatic carbocycles. The minimum atomic E-state index is -3.32. The number of hydrogen-bond donors (Lipinski definition) is 1. The number of nitrogens with zero attached hydrogens (tertiary/aromatic N) is 1. The Balaban J connectivity index is 1.95. The van der Waals surface area contributed by atoms with Gasteiger partial charge in [0.1, 0.15) is 5.75 Å². The Morgan fingerprint density at radius 3 is 2.27 bits per heavy atom. The SMILES string of the molecule is CCN(c1ccc(OCC(=O)Nc2ccc(C)c(C)c2)cc1)S(C)(=O)=O. The number of rotatable bonds is 7. The van der Waals surface area contributed by atoms with E-state index in [0.717, 1.165) is 23.1 Å². The Morgan fingerprint density at radius 2 is 1.73 bits per heavy atom. The Labute approximate surface area is 154 Å². The smallest absolute Gasteiger partial charge is 0.262 e. The summed E-state index contributed by atoms with van der Waals surface area (Å²) in [6.07, 6.45) is 1.16. The molecule has 0 radical (unpaired) electrons. The zero-order valence-electron chi connectivity index (χ0n) is 15.4. The summed E-state index contributed by atoms with van der Waals surface area (Å²) in [5.74, 6) is 0.234.